The number of benzene rings is 2. The molecule has 0 radical (unpaired) electrons. The van der Waals surface area contributed by atoms with Crippen LogP contribution in [-0.2, 0) is 9.59 Å². The highest BCUT2D eigenvalue weighted by Crippen LogP contribution is 2.26. The molecule has 0 aliphatic carbocycles. The summed E-state index contributed by atoms with van der Waals surface area (Å²) in [5.41, 5.74) is -0.0965. The molecule has 0 heterocycles. The van der Waals surface area contributed by atoms with Crippen molar-refractivity contribution >= 4 is 29.3 Å². The third-order valence-electron chi connectivity index (χ3n) is 3.18. The highest BCUT2D eigenvalue weighted by Gasteiger charge is 2.13. The lowest BCUT2D eigenvalue weighted by Crippen LogP contribution is -2.14. The lowest BCUT2D eigenvalue weighted by Gasteiger charge is -2.11. The van der Waals surface area contributed by atoms with Gasteiger partial charge in [0.2, 0.25) is 11.8 Å². The number of hydrogen-bond acceptors (Lipinski definition) is 3. The Balaban J connectivity index is 2.20. The van der Waals surface area contributed by atoms with E-state index in [-0.39, 0.29) is 22.7 Å². The zero-order valence-corrected chi connectivity index (χ0v) is 13.9. The van der Waals surface area contributed by atoms with Crippen LogP contribution in [0.15, 0.2) is 42.5 Å². The first-order chi connectivity index (χ1) is 12.8. The van der Waals surface area contributed by atoms with Crippen LogP contribution in [0, 0.1) is 11.6 Å². The third kappa shape index (κ3) is 5.84. The number of anilines is 2. The number of nitrogens with one attached hydrogen (secondary N) is 2. The molecular formula is C18H14F4N2O3. The zero-order chi connectivity index (χ0) is 20.0. The van der Waals surface area contributed by atoms with Crippen molar-refractivity contribution in [3.05, 3.63) is 59.7 Å². The molecule has 0 saturated heterocycles. The second kappa shape index (κ2) is 8.84. The van der Waals surface area contributed by atoms with Crippen molar-refractivity contribution in [1.29, 1.82) is 0 Å². The molecule has 0 atom stereocenters. The standard InChI is InChI=1S/C18H14F4N2O3/c1-10(25)23-14-8-12(19)13(20)9-15(14)24-17(26)7-6-11-4-2-3-5-16(11)27-18(21)22/h2-9,18H,1H3,(H,23,25)(H,24,26)/b7-6+. The fourth-order valence-corrected chi connectivity index (χ4v) is 2.10. The minimum absolute atomic E-state index is 0.135. The van der Waals surface area contributed by atoms with Crippen LogP contribution in [0.4, 0.5) is 28.9 Å². The number of carbonyl (C=O) groups is 2. The molecule has 2 aromatic rings. The number of para-hydroxylation sites is 1. The van der Waals surface area contributed by atoms with Crippen LogP contribution in [0.3, 0.4) is 0 Å². The van der Waals surface area contributed by atoms with Crippen molar-refractivity contribution in [1.82, 2.24) is 0 Å². The maximum absolute atomic E-state index is 13.4. The molecule has 0 unspecified atom stereocenters. The van der Waals surface area contributed by atoms with Crippen LogP contribution in [0.25, 0.3) is 6.08 Å². The van der Waals surface area contributed by atoms with Crippen molar-refractivity contribution in [2.24, 2.45) is 0 Å². The molecule has 0 spiro atoms. The summed E-state index contributed by atoms with van der Waals surface area (Å²) in [4.78, 5) is 23.2. The normalized spacial score (nSPS) is 10.9. The first-order valence-electron chi connectivity index (χ1n) is 7.56. The van der Waals surface area contributed by atoms with Crippen molar-refractivity contribution in [3.63, 3.8) is 0 Å². The first kappa shape index (κ1) is 20.0. The third-order valence-corrected chi connectivity index (χ3v) is 3.18. The summed E-state index contributed by atoms with van der Waals surface area (Å²) in [6, 6.07) is 7.22. The Morgan fingerprint density at radius 1 is 1.04 bits per heavy atom. The van der Waals surface area contributed by atoms with E-state index in [1.807, 2.05) is 0 Å². The van der Waals surface area contributed by atoms with E-state index in [4.69, 9.17) is 0 Å². The molecule has 0 aliphatic rings. The molecule has 2 amide bonds. The Labute approximate surface area is 151 Å². The van der Waals surface area contributed by atoms with Gasteiger partial charge in [-0.15, -0.1) is 0 Å². The molecule has 5 nitrogen and oxygen atoms in total. The number of hydrogen-bond donors (Lipinski definition) is 2. The molecule has 0 saturated carbocycles. The smallest absolute Gasteiger partial charge is 0.387 e. The molecule has 2 rings (SSSR count). The molecular weight excluding hydrogens is 368 g/mol. The lowest BCUT2D eigenvalue weighted by molar-refractivity contribution is -0.114. The van der Waals surface area contributed by atoms with Gasteiger partial charge in [-0.2, -0.15) is 8.78 Å². The Morgan fingerprint density at radius 3 is 2.22 bits per heavy atom. The highest BCUT2D eigenvalue weighted by molar-refractivity contribution is 6.05. The zero-order valence-electron chi connectivity index (χ0n) is 13.9. The molecule has 27 heavy (non-hydrogen) atoms. The number of halogens is 4. The van der Waals surface area contributed by atoms with Gasteiger partial charge in [-0.1, -0.05) is 18.2 Å². The molecule has 2 N–H and O–H groups in total. The minimum Gasteiger partial charge on any atom is -0.434 e. The summed E-state index contributed by atoms with van der Waals surface area (Å²) in [6.45, 7) is -1.87. The molecule has 0 aliphatic heterocycles. The van der Waals surface area contributed by atoms with Gasteiger partial charge in [0.1, 0.15) is 5.75 Å². The molecule has 142 valence electrons. The van der Waals surface area contributed by atoms with Crippen LogP contribution < -0.4 is 15.4 Å². The Morgan fingerprint density at radius 2 is 1.63 bits per heavy atom. The van der Waals surface area contributed by atoms with Gasteiger partial charge in [-0.3, -0.25) is 9.59 Å². The summed E-state index contributed by atoms with van der Waals surface area (Å²) in [6.07, 6.45) is 2.21. The van der Waals surface area contributed by atoms with Crippen LogP contribution >= 0.6 is 0 Å². The number of amides is 2. The average Bonchev–Trinajstić information content (AvgIpc) is 2.57. The number of carbonyl (C=O) groups excluding carboxylic acids is 2. The van der Waals surface area contributed by atoms with Crippen molar-refractivity contribution < 1.29 is 31.9 Å². The predicted molar refractivity (Wildman–Crippen MR) is 91.4 cm³/mol. The van der Waals surface area contributed by atoms with Gasteiger partial charge in [0, 0.05) is 30.7 Å². The van der Waals surface area contributed by atoms with Crippen molar-refractivity contribution in [3.8, 4) is 5.75 Å². The second-order valence-corrected chi connectivity index (χ2v) is 5.23. The molecule has 0 aromatic heterocycles. The van der Waals surface area contributed by atoms with E-state index in [0.29, 0.717) is 6.07 Å². The van der Waals surface area contributed by atoms with Crippen molar-refractivity contribution in [2.75, 3.05) is 10.6 Å². The van der Waals surface area contributed by atoms with Gasteiger partial charge >= 0.3 is 6.61 Å². The van der Waals surface area contributed by atoms with E-state index in [9.17, 15) is 27.2 Å². The maximum Gasteiger partial charge on any atom is 0.387 e. The average molecular weight is 382 g/mol. The topological polar surface area (TPSA) is 67.4 Å². The molecule has 9 heteroatoms. The fourth-order valence-electron chi connectivity index (χ4n) is 2.10. The number of rotatable bonds is 6. The maximum atomic E-state index is 13.4. The van der Waals surface area contributed by atoms with Crippen LogP contribution in [0.5, 0.6) is 5.75 Å². The second-order valence-electron chi connectivity index (χ2n) is 5.23. The van der Waals surface area contributed by atoms with Gasteiger partial charge in [-0.05, 0) is 12.1 Å². The van der Waals surface area contributed by atoms with Crippen LogP contribution in [0.2, 0.25) is 0 Å². The molecule has 0 bridgehead atoms. The summed E-state index contributed by atoms with van der Waals surface area (Å²) in [5, 5.41) is 4.54. The summed E-state index contributed by atoms with van der Waals surface area (Å²) in [5.74, 6) is -3.88. The van der Waals surface area contributed by atoms with Gasteiger partial charge < -0.3 is 15.4 Å². The van der Waals surface area contributed by atoms with Crippen LogP contribution in [-0.4, -0.2) is 18.4 Å². The number of alkyl halides is 2. The van der Waals surface area contributed by atoms with Crippen LogP contribution in [0.1, 0.15) is 12.5 Å². The monoisotopic (exact) mass is 382 g/mol. The van der Waals surface area contributed by atoms with Crippen molar-refractivity contribution in [2.45, 2.75) is 13.5 Å². The quantitative estimate of drug-likeness (QED) is 0.582. The van der Waals surface area contributed by atoms with E-state index in [0.717, 1.165) is 19.1 Å². The summed E-state index contributed by atoms with van der Waals surface area (Å²) in [7, 11) is 0. The van der Waals surface area contributed by atoms with E-state index in [1.54, 1.807) is 6.07 Å². The van der Waals surface area contributed by atoms with Gasteiger partial charge in [0.05, 0.1) is 11.4 Å². The predicted octanol–water partition coefficient (Wildman–Crippen LogP) is 4.18. The lowest BCUT2D eigenvalue weighted by atomic mass is 10.2. The van der Waals surface area contributed by atoms with Gasteiger partial charge in [0.25, 0.3) is 0 Å². The molecule has 2 aromatic carbocycles. The van der Waals surface area contributed by atoms with E-state index in [1.165, 1.54) is 24.3 Å². The number of ether oxygens (including phenoxy) is 1. The van der Waals surface area contributed by atoms with E-state index in [2.05, 4.69) is 15.4 Å². The summed E-state index contributed by atoms with van der Waals surface area (Å²) >= 11 is 0. The highest BCUT2D eigenvalue weighted by atomic mass is 19.3. The van der Waals surface area contributed by atoms with Gasteiger partial charge in [-0.25, -0.2) is 8.78 Å². The largest absolute Gasteiger partial charge is 0.434 e. The first-order valence-corrected chi connectivity index (χ1v) is 7.56. The minimum atomic E-state index is -3.03. The Kier molecular flexibility index (Phi) is 6.53. The SMILES string of the molecule is CC(=O)Nc1cc(F)c(F)cc1NC(=O)/C=C/c1ccccc1OC(F)F. The molecule has 0 fully saturated rings. The summed E-state index contributed by atoms with van der Waals surface area (Å²) < 4.78 is 55.9. The van der Waals surface area contributed by atoms with E-state index >= 15 is 0 Å². The van der Waals surface area contributed by atoms with Gasteiger partial charge in [0.15, 0.2) is 11.6 Å². The Hall–Kier alpha value is -3.36. The Bertz CT molecular complexity index is 885. The van der Waals surface area contributed by atoms with E-state index < -0.39 is 30.1 Å². The fraction of sp³-hybridized carbons (Fsp3) is 0.111.